The summed E-state index contributed by atoms with van der Waals surface area (Å²) in [6, 6.07) is 0.102. The highest BCUT2D eigenvalue weighted by Gasteiger charge is 2.55. The zero-order valence-corrected chi connectivity index (χ0v) is 11.3. The van der Waals surface area contributed by atoms with Crippen LogP contribution in [0.5, 0.6) is 0 Å². The Morgan fingerprint density at radius 3 is 2.21 bits per heavy atom. The van der Waals surface area contributed by atoms with Gasteiger partial charge in [-0.3, -0.25) is 0 Å². The Morgan fingerprint density at radius 1 is 1.50 bits per heavy atom. The lowest BCUT2D eigenvalue weighted by atomic mass is 10.2. The first-order valence-electron chi connectivity index (χ1n) is 4.70. The fourth-order valence-electron chi connectivity index (χ4n) is 1.20. The van der Waals surface area contributed by atoms with Crippen LogP contribution >= 0.6 is 23.2 Å². The fourth-order valence-corrected chi connectivity index (χ4v) is 2.77. The van der Waals surface area contributed by atoms with Gasteiger partial charge in [0.05, 0.1) is 6.04 Å². The van der Waals surface area contributed by atoms with Crippen molar-refractivity contribution in [2.75, 3.05) is 0 Å². The summed E-state index contributed by atoms with van der Waals surface area (Å²) in [6.07, 6.45) is 0.783. The highest BCUT2D eigenvalue weighted by molar-refractivity contribution is 7.90. The van der Waals surface area contributed by atoms with Gasteiger partial charge in [0, 0.05) is 17.3 Å². The zero-order chi connectivity index (χ0) is 11.1. The summed E-state index contributed by atoms with van der Waals surface area (Å²) in [5.74, 6) is 0.220. The first kappa shape index (κ1) is 12.9. The lowest BCUT2D eigenvalue weighted by Crippen LogP contribution is -2.44. The Bertz CT molecular complexity index is 217. The normalized spacial score (nSPS) is 29.8. The highest BCUT2D eigenvalue weighted by atomic mass is 35.5. The lowest BCUT2D eigenvalue weighted by Gasteiger charge is -2.26. The van der Waals surface area contributed by atoms with Crippen LogP contribution in [0, 0.1) is 5.92 Å². The number of halogens is 2. The standard InChI is InChI=1S/C9H17Cl2NOS/c1-6(7-5-9(7,10)11)12-14(13)8(2,3)4/h6-7,12H,5H2,1-4H3/t6?,7-,14-/m1/s1. The number of hydrogen-bond acceptors (Lipinski definition) is 2. The van der Waals surface area contributed by atoms with E-state index in [4.69, 9.17) is 23.2 Å². The second-order valence-electron chi connectivity index (χ2n) is 4.86. The zero-order valence-electron chi connectivity index (χ0n) is 8.93. The van der Waals surface area contributed by atoms with Gasteiger partial charge in [0.15, 0.2) is 0 Å². The Hall–Kier alpha value is 0.850. The van der Waals surface area contributed by atoms with Crippen molar-refractivity contribution in [1.82, 2.24) is 4.72 Å². The highest BCUT2D eigenvalue weighted by Crippen LogP contribution is 2.54. The van der Waals surface area contributed by atoms with Gasteiger partial charge in [-0.15, -0.1) is 27.9 Å². The molecule has 0 saturated heterocycles. The van der Waals surface area contributed by atoms with Gasteiger partial charge in [-0.25, -0.2) is 0 Å². The molecule has 0 heterocycles. The van der Waals surface area contributed by atoms with E-state index in [-0.39, 0.29) is 16.7 Å². The average Bonchev–Trinajstić information content (AvgIpc) is 2.57. The molecule has 84 valence electrons. The molecule has 2 nitrogen and oxygen atoms in total. The van der Waals surface area contributed by atoms with E-state index in [0.29, 0.717) is 0 Å². The molecule has 0 spiro atoms. The number of nitrogens with one attached hydrogen (secondary N) is 1. The molecule has 1 unspecified atom stereocenters. The quantitative estimate of drug-likeness (QED) is 0.624. The maximum Gasteiger partial charge on any atom is 0.136 e. The molecule has 1 N–H and O–H groups in total. The van der Waals surface area contributed by atoms with Gasteiger partial charge in [-0.05, 0) is 34.1 Å². The average molecular weight is 258 g/mol. The van der Waals surface area contributed by atoms with Crippen LogP contribution in [-0.2, 0) is 11.4 Å². The Balaban J connectivity index is 2.39. The third-order valence-corrected chi connectivity index (χ3v) is 4.89. The van der Waals surface area contributed by atoms with Gasteiger partial charge >= 0.3 is 0 Å². The first-order valence-corrected chi connectivity index (χ1v) is 6.61. The molecule has 0 aromatic carbocycles. The second-order valence-corrected chi connectivity index (χ2v) is 8.40. The summed E-state index contributed by atoms with van der Waals surface area (Å²) in [7, 11) is 0. The smallest absolute Gasteiger partial charge is 0.136 e. The molecule has 0 amide bonds. The summed E-state index contributed by atoms with van der Waals surface area (Å²) in [4.78, 5) is 0. The van der Waals surface area contributed by atoms with E-state index < -0.39 is 15.7 Å². The minimum Gasteiger partial charge on any atom is -0.598 e. The van der Waals surface area contributed by atoms with Crippen molar-refractivity contribution in [3.8, 4) is 0 Å². The molecule has 1 aliphatic rings. The molecule has 1 rings (SSSR count). The van der Waals surface area contributed by atoms with Crippen LogP contribution in [0.4, 0.5) is 0 Å². The molecule has 0 aliphatic heterocycles. The van der Waals surface area contributed by atoms with E-state index in [1.807, 2.05) is 27.7 Å². The van der Waals surface area contributed by atoms with Gasteiger partial charge in [0.25, 0.3) is 0 Å². The van der Waals surface area contributed by atoms with Crippen LogP contribution in [0.1, 0.15) is 34.1 Å². The van der Waals surface area contributed by atoms with Crippen LogP contribution in [-0.4, -0.2) is 19.7 Å². The summed E-state index contributed by atoms with van der Waals surface area (Å²) in [5.41, 5.74) is 0. The number of alkyl halides is 2. The van der Waals surface area contributed by atoms with Gasteiger partial charge in [-0.1, -0.05) is 0 Å². The monoisotopic (exact) mass is 257 g/mol. The van der Waals surface area contributed by atoms with Gasteiger partial charge in [0.1, 0.15) is 9.08 Å². The largest absolute Gasteiger partial charge is 0.598 e. The molecule has 0 radical (unpaired) electrons. The minimum atomic E-state index is -1.05. The summed E-state index contributed by atoms with van der Waals surface area (Å²) in [5, 5.41) is 0. The predicted molar refractivity (Wildman–Crippen MR) is 63.0 cm³/mol. The SMILES string of the molecule is CC(N[S@+]([O-])C(C)(C)C)[C@H]1CC1(Cl)Cl. The molecule has 1 fully saturated rings. The van der Waals surface area contributed by atoms with Crippen molar-refractivity contribution in [3.63, 3.8) is 0 Å². The van der Waals surface area contributed by atoms with Crippen molar-refractivity contribution in [2.45, 2.75) is 49.2 Å². The first-order chi connectivity index (χ1) is 6.14. The van der Waals surface area contributed by atoms with E-state index in [1.54, 1.807) is 0 Å². The molecule has 5 heteroatoms. The number of rotatable bonds is 3. The molecule has 0 aromatic heterocycles. The van der Waals surface area contributed by atoms with Crippen LogP contribution in [0.25, 0.3) is 0 Å². The topological polar surface area (TPSA) is 35.1 Å². The minimum absolute atomic E-state index is 0.102. The van der Waals surface area contributed by atoms with E-state index in [9.17, 15) is 4.55 Å². The summed E-state index contributed by atoms with van der Waals surface area (Å²) in [6.45, 7) is 7.78. The predicted octanol–water partition coefficient (Wildman–Crippen LogP) is 2.62. The van der Waals surface area contributed by atoms with E-state index in [2.05, 4.69) is 4.72 Å². The second kappa shape index (κ2) is 4.02. The van der Waals surface area contributed by atoms with E-state index in [0.717, 1.165) is 6.42 Å². The lowest BCUT2D eigenvalue weighted by molar-refractivity contribution is 0.509. The molecule has 0 aromatic rings. The maximum absolute atomic E-state index is 11.7. The summed E-state index contributed by atoms with van der Waals surface area (Å²) < 4.78 is 13.9. The van der Waals surface area contributed by atoms with E-state index in [1.165, 1.54) is 0 Å². The molecule has 3 atom stereocenters. The number of hydrogen-bond donors (Lipinski definition) is 1. The van der Waals surface area contributed by atoms with Crippen LogP contribution in [0.15, 0.2) is 0 Å². The third kappa shape index (κ3) is 3.17. The fraction of sp³-hybridized carbons (Fsp3) is 1.00. The molecular weight excluding hydrogens is 241 g/mol. The molecule has 14 heavy (non-hydrogen) atoms. The van der Waals surface area contributed by atoms with Gasteiger partial charge in [-0.2, -0.15) is 0 Å². The van der Waals surface area contributed by atoms with Gasteiger partial charge < -0.3 is 4.55 Å². The summed E-state index contributed by atoms with van der Waals surface area (Å²) >= 11 is 10.8. The van der Waals surface area contributed by atoms with Crippen LogP contribution < -0.4 is 4.72 Å². The van der Waals surface area contributed by atoms with E-state index >= 15 is 0 Å². The molecule has 1 aliphatic carbocycles. The molecule has 1 saturated carbocycles. The van der Waals surface area contributed by atoms with Crippen molar-refractivity contribution in [2.24, 2.45) is 5.92 Å². The maximum atomic E-state index is 11.7. The Labute approximate surface area is 99.0 Å². The van der Waals surface area contributed by atoms with Crippen molar-refractivity contribution < 1.29 is 4.55 Å². The van der Waals surface area contributed by atoms with Crippen molar-refractivity contribution in [3.05, 3.63) is 0 Å². The molecule has 0 bridgehead atoms. The Kier molecular flexibility index (Phi) is 3.71. The van der Waals surface area contributed by atoms with Gasteiger partial charge in [0.2, 0.25) is 0 Å². The van der Waals surface area contributed by atoms with Crippen molar-refractivity contribution in [1.29, 1.82) is 0 Å². The Morgan fingerprint density at radius 2 is 1.93 bits per heavy atom. The van der Waals surface area contributed by atoms with Crippen LogP contribution in [0.3, 0.4) is 0 Å². The van der Waals surface area contributed by atoms with Crippen LogP contribution in [0.2, 0.25) is 0 Å². The van der Waals surface area contributed by atoms with Crippen molar-refractivity contribution >= 4 is 34.6 Å². The third-order valence-electron chi connectivity index (χ3n) is 2.33. The molecular formula is C9H17Cl2NOS.